The van der Waals surface area contributed by atoms with Crippen LogP contribution in [0.4, 0.5) is 0 Å². The van der Waals surface area contributed by atoms with Crippen molar-refractivity contribution >= 4 is 16.9 Å². The number of aromatic nitrogens is 3. The Kier molecular flexibility index (Phi) is 7.35. The van der Waals surface area contributed by atoms with Crippen LogP contribution in [0.25, 0.3) is 11.0 Å². The highest BCUT2D eigenvalue weighted by Crippen LogP contribution is 2.19. The molecule has 1 amide bonds. The first-order chi connectivity index (χ1) is 16.1. The van der Waals surface area contributed by atoms with Gasteiger partial charge in [0.1, 0.15) is 11.6 Å². The molecule has 0 radical (unpaired) electrons. The molecule has 2 aromatic heterocycles. The lowest BCUT2D eigenvalue weighted by atomic mass is 10.1. The summed E-state index contributed by atoms with van der Waals surface area (Å²) < 4.78 is 8.20. The molecule has 0 bridgehead atoms. The van der Waals surface area contributed by atoms with Gasteiger partial charge in [-0.05, 0) is 74.2 Å². The largest absolute Gasteiger partial charge is 0.494 e. The van der Waals surface area contributed by atoms with Gasteiger partial charge in [-0.25, -0.2) is 4.98 Å². The summed E-state index contributed by atoms with van der Waals surface area (Å²) in [6.07, 6.45) is 5.84. The number of rotatable bonds is 10. The molecule has 33 heavy (non-hydrogen) atoms. The molecule has 0 unspecified atom stereocenters. The zero-order chi connectivity index (χ0) is 23.0. The van der Waals surface area contributed by atoms with Crippen LogP contribution in [-0.2, 0) is 13.0 Å². The highest BCUT2D eigenvalue weighted by Gasteiger charge is 2.11. The second-order valence-electron chi connectivity index (χ2n) is 8.22. The Hall–Kier alpha value is -3.67. The molecule has 6 nitrogen and oxygen atoms in total. The van der Waals surface area contributed by atoms with E-state index < -0.39 is 0 Å². The Morgan fingerprint density at radius 1 is 1.03 bits per heavy atom. The Morgan fingerprint density at radius 2 is 1.91 bits per heavy atom. The summed E-state index contributed by atoms with van der Waals surface area (Å²) in [5, 5.41) is 2.97. The standard InChI is InChI=1S/C27H30N4O2/c1-20-11-12-23(18-21(20)2)33-17-6-5-16-31-25-10-4-3-9-24(25)30-26(31)13-15-29-27(32)22-8-7-14-28-19-22/h3-4,7-12,14,18-19H,5-6,13,15-17H2,1-2H3,(H,29,32). The van der Waals surface area contributed by atoms with E-state index in [-0.39, 0.29) is 5.91 Å². The molecule has 4 rings (SSSR count). The minimum absolute atomic E-state index is 0.116. The van der Waals surface area contributed by atoms with E-state index in [1.54, 1.807) is 24.5 Å². The van der Waals surface area contributed by atoms with Gasteiger partial charge in [0.25, 0.3) is 5.91 Å². The van der Waals surface area contributed by atoms with E-state index in [9.17, 15) is 4.79 Å². The van der Waals surface area contributed by atoms with E-state index >= 15 is 0 Å². The minimum Gasteiger partial charge on any atom is -0.494 e. The maximum Gasteiger partial charge on any atom is 0.252 e. The third-order valence-corrected chi connectivity index (χ3v) is 5.81. The monoisotopic (exact) mass is 442 g/mol. The SMILES string of the molecule is Cc1ccc(OCCCCn2c(CCNC(=O)c3cccnc3)nc3ccccc32)cc1C. The highest BCUT2D eigenvalue weighted by molar-refractivity contribution is 5.93. The summed E-state index contributed by atoms with van der Waals surface area (Å²) in [7, 11) is 0. The summed E-state index contributed by atoms with van der Waals surface area (Å²) in [6.45, 7) is 6.28. The summed E-state index contributed by atoms with van der Waals surface area (Å²) in [5.74, 6) is 1.79. The van der Waals surface area contributed by atoms with Crippen molar-refractivity contribution in [3.63, 3.8) is 0 Å². The Bertz CT molecular complexity index is 1220. The predicted molar refractivity (Wildman–Crippen MR) is 131 cm³/mol. The molecule has 0 saturated heterocycles. The number of carbonyl (C=O) groups excluding carboxylic acids is 1. The second kappa shape index (κ2) is 10.8. The van der Waals surface area contributed by atoms with Crippen LogP contribution in [0.15, 0.2) is 67.0 Å². The van der Waals surface area contributed by atoms with E-state index in [0.29, 0.717) is 25.1 Å². The first-order valence-corrected chi connectivity index (χ1v) is 11.4. The fourth-order valence-corrected chi connectivity index (χ4v) is 3.82. The average molecular weight is 443 g/mol. The smallest absolute Gasteiger partial charge is 0.252 e. The zero-order valence-electron chi connectivity index (χ0n) is 19.3. The lowest BCUT2D eigenvalue weighted by molar-refractivity contribution is 0.0953. The topological polar surface area (TPSA) is 69.0 Å². The van der Waals surface area contributed by atoms with Gasteiger partial charge in [0.05, 0.1) is 23.2 Å². The zero-order valence-corrected chi connectivity index (χ0v) is 19.3. The predicted octanol–water partition coefficient (Wildman–Crippen LogP) is 4.88. The number of hydrogen-bond acceptors (Lipinski definition) is 4. The fraction of sp³-hybridized carbons (Fsp3) is 0.296. The molecule has 0 aliphatic carbocycles. The van der Waals surface area contributed by atoms with Gasteiger partial charge in [-0.3, -0.25) is 9.78 Å². The fourth-order valence-electron chi connectivity index (χ4n) is 3.82. The van der Waals surface area contributed by atoms with Crippen LogP contribution in [0.1, 0.15) is 40.2 Å². The Labute approximate surface area is 194 Å². The first-order valence-electron chi connectivity index (χ1n) is 11.4. The number of imidazole rings is 1. The summed E-state index contributed by atoms with van der Waals surface area (Å²) in [4.78, 5) is 21.1. The molecular formula is C27H30N4O2. The van der Waals surface area contributed by atoms with Crippen molar-refractivity contribution in [2.24, 2.45) is 0 Å². The Morgan fingerprint density at radius 3 is 2.73 bits per heavy atom. The number of carbonyl (C=O) groups is 1. The van der Waals surface area contributed by atoms with Crippen molar-refractivity contribution in [3.05, 3.63) is 89.5 Å². The number of fused-ring (bicyclic) bond motifs is 1. The number of unbranched alkanes of at least 4 members (excludes halogenated alkanes) is 1. The molecule has 0 atom stereocenters. The normalized spacial score (nSPS) is 11.0. The van der Waals surface area contributed by atoms with Crippen molar-refractivity contribution in [3.8, 4) is 5.75 Å². The Balaban J connectivity index is 1.32. The number of aryl methyl sites for hydroxylation is 3. The molecule has 0 aliphatic rings. The number of ether oxygens (including phenoxy) is 1. The van der Waals surface area contributed by atoms with Crippen LogP contribution in [0.5, 0.6) is 5.75 Å². The van der Waals surface area contributed by atoms with Gasteiger partial charge in [-0.2, -0.15) is 0 Å². The number of nitrogens with zero attached hydrogens (tertiary/aromatic N) is 3. The molecule has 0 aliphatic heterocycles. The number of benzene rings is 2. The summed E-state index contributed by atoms with van der Waals surface area (Å²) >= 11 is 0. The summed E-state index contributed by atoms with van der Waals surface area (Å²) in [5.41, 5.74) is 5.20. The van der Waals surface area contributed by atoms with Crippen LogP contribution in [0, 0.1) is 13.8 Å². The highest BCUT2D eigenvalue weighted by atomic mass is 16.5. The van der Waals surface area contributed by atoms with Gasteiger partial charge in [-0.15, -0.1) is 0 Å². The van der Waals surface area contributed by atoms with Gasteiger partial charge in [0.2, 0.25) is 0 Å². The van der Waals surface area contributed by atoms with Crippen LogP contribution < -0.4 is 10.1 Å². The maximum absolute atomic E-state index is 12.3. The first kappa shape index (κ1) is 22.5. The number of pyridine rings is 1. The van der Waals surface area contributed by atoms with Crippen molar-refractivity contribution < 1.29 is 9.53 Å². The van der Waals surface area contributed by atoms with Crippen molar-refractivity contribution in [2.45, 2.75) is 39.7 Å². The van der Waals surface area contributed by atoms with Gasteiger partial charge in [0.15, 0.2) is 0 Å². The van der Waals surface area contributed by atoms with Crippen LogP contribution in [0.3, 0.4) is 0 Å². The molecule has 0 saturated carbocycles. The lowest BCUT2D eigenvalue weighted by Crippen LogP contribution is -2.26. The van der Waals surface area contributed by atoms with Gasteiger partial charge in [-0.1, -0.05) is 18.2 Å². The molecule has 4 aromatic rings. The quantitative estimate of drug-likeness (QED) is 0.356. The summed E-state index contributed by atoms with van der Waals surface area (Å²) in [6, 6.07) is 17.9. The number of amides is 1. The second-order valence-corrected chi connectivity index (χ2v) is 8.22. The van der Waals surface area contributed by atoms with E-state index in [1.165, 1.54) is 11.1 Å². The third-order valence-electron chi connectivity index (χ3n) is 5.81. The van der Waals surface area contributed by atoms with Crippen molar-refractivity contribution in [2.75, 3.05) is 13.2 Å². The lowest BCUT2D eigenvalue weighted by Gasteiger charge is -2.11. The van der Waals surface area contributed by atoms with Crippen molar-refractivity contribution in [1.29, 1.82) is 0 Å². The van der Waals surface area contributed by atoms with Crippen LogP contribution in [0.2, 0.25) is 0 Å². The molecular weight excluding hydrogens is 412 g/mol. The minimum atomic E-state index is -0.116. The molecule has 2 aromatic carbocycles. The molecule has 2 heterocycles. The van der Waals surface area contributed by atoms with E-state index in [2.05, 4.69) is 46.9 Å². The van der Waals surface area contributed by atoms with Crippen molar-refractivity contribution in [1.82, 2.24) is 19.9 Å². The van der Waals surface area contributed by atoms with E-state index in [4.69, 9.17) is 9.72 Å². The van der Waals surface area contributed by atoms with E-state index in [0.717, 1.165) is 42.0 Å². The molecule has 6 heteroatoms. The average Bonchev–Trinajstić information content (AvgIpc) is 3.19. The number of nitrogens with one attached hydrogen (secondary N) is 1. The maximum atomic E-state index is 12.3. The van der Waals surface area contributed by atoms with Gasteiger partial charge >= 0.3 is 0 Å². The van der Waals surface area contributed by atoms with Crippen LogP contribution in [-0.4, -0.2) is 33.6 Å². The third kappa shape index (κ3) is 5.77. The molecule has 0 fully saturated rings. The van der Waals surface area contributed by atoms with Gasteiger partial charge in [0, 0.05) is 31.9 Å². The van der Waals surface area contributed by atoms with Gasteiger partial charge < -0.3 is 14.6 Å². The number of para-hydroxylation sites is 2. The number of hydrogen-bond donors (Lipinski definition) is 1. The van der Waals surface area contributed by atoms with Crippen LogP contribution >= 0.6 is 0 Å². The molecule has 1 N–H and O–H groups in total. The molecule has 0 spiro atoms. The molecule has 170 valence electrons. The van der Waals surface area contributed by atoms with E-state index in [1.807, 2.05) is 24.3 Å².